The average molecular weight is 382 g/mol. The monoisotopic (exact) mass is 381 g/mol. The van der Waals surface area contributed by atoms with Crippen LogP contribution in [0.15, 0.2) is 48.5 Å². The molecule has 7 heteroatoms. The van der Waals surface area contributed by atoms with E-state index in [1.54, 1.807) is 30.3 Å². The van der Waals surface area contributed by atoms with E-state index in [-0.39, 0.29) is 19.1 Å². The van der Waals surface area contributed by atoms with Gasteiger partial charge in [0, 0.05) is 11.6 Å². The van der Waals surface area contributed by atoms with Gasteiger partial charge in [0.2, 0.25) is 0 Å². The molecule has 5 nitrogen and oxygen atoms in total. The quantitative estimate of drug-likeness (QED) is 0.712. The second kappa shape index (κ2) is 9.91. The predicted octanol–water partition coefficient (Wildman–Crippen LogP) is 3.27. The maximum absolute atomic E-state index is 11.7. The number of nitrogens with one attached hydrogen (secondary N) is 1. The van der Waals surface area contributed by atoms with Crippen molar-refractivity contribution in [1.82, 2.24) is 5.32 Å². The first-order chi connectivity index (χ1) is 12.0. The summed E-state index contributed by atoms with van der Waals surface area (Å²) < 4.78 is 10.1. The lowest BCUT2D eigenvalue weighted by molar-refractivity contribution is -0.150. The van der Waals surface area contributed by atoms with E-state index in [2.05, 4.69) is 5.32 Å². The van der Waals surface area contributed by atoms with Crippen molar-refractivity contribution in [2.75, 3.05) is 19.8 Å². The van der Waals surface area contributed by atoms with Crippen LogP contribution in [0.2, 0.25) is 10.0 Å². The molecule has 0 unspecified atom stereocenters. The van der Waals surface area contributed by atoms with Gasteiger partial charge in [-0.05, 0) is 36.2 Å². The highest BCUT2D eigenvalue weighted by molar-refractivity contribution is 6.32. The van der Waals surface area contributed by atoms with Gasteiger partial charge in [-0.1, -0.05) is 47.5 Å². The molecule has 0 heterocycles. The molecule has 1 N–H and O–H groups in total. The summed E-state index contributed by atoms with van der Waals surface area (Å²) in [6, 6.07) is 14.2. The van der Waals surface area contributed by atoms with E-state index in [9.17, 15) is 9.59 Å². The summed E-state index contributed by atoms with van der Waals surface area (Å²) >= 11 is 11.8. The summed E-state index contributed by atoms with van der Waals surface area (Å²) in [5.74, 6) is -0.648. The molecule has 0 saturated carbocycles. The molecule has 0 fully saturated rings. The highest BCUT2D eigenvalue weighted by Crippen LogP contribution is 2.22. The molecule has 0 aliphatic carbocycles. The molecule has 0 spiro atoms. The number of halogens is 2. The Bertz CT molecular complexity index is 737. The van der Waals surface area contributed by atoms with Gasteiger partial charge in [0.1, 0.15) is 5.75 Å². The van der Waals surface area contributed by atoms with E-state index in [1.165, 1.54) is 0 Å². The fourth-order valence-corrected chi connectivity index (χ4v) is 2.38. The molecule has 2 rings (SSSR count). The van der Waals surface area contributed by atoms with Crippen molar-refractivity contribution in [2.45, 2.75) is 6.42 Å². The zero-order valence-electron chi connectivity index (χ0n) is 13.3. The van der Waals surface area contributed by atoms with Gasteiger partial charge in [-0.3, -0.25) is 4.79 Å². The molecule has 0 aliphatic heterocycles. The summed E-state index contributed by atoms with van der Waals surface area (Å²) in [6.07, 6.45) is 0.635. The minimum atomic E-state index is -0.648. The number of esters is 1. The standard InChI is InChI=1S/C18H17Cl2NO4/c19-14-5-3-4-13(10-14)8-9-21-17(22)11-25-18(23)12-24-16-7-2-1-6-15(16)20/h1-7,10H,8-9,11-12H2,(H,21,22). The van der Waals surface area contributed by atoms with Gasteiger partial charge in [-0.2, -0.15) is 0 Å². The summed E-state index contributed by atoms with van der Waals surface area (Å²) in [4.78, 5) is 23.2. The Morgan fingerprint density at radius 3 is 2.56 bits per heavy atom. The molecule has 0 saturated heterocycles. The maximum atomic E-state index is 11.7. The number of rotatable bonds is 8. The Morgan fingerprint density at radius 1 is 1.00 bits per heavy atom. The third-order valence-corrected chi connectivity index (χ3v) is 3.72. The highest BCUT2D eigenvalue weighted by Gasteiger charge is 2.09. The van der Waals surface area contributed by atoms with E-state index >= 15 is 0 Å². The lowest BCUT2D eigenvalue weighted by Crippen LogP contribution is -2.31. The second-order valence-corrected chi connectivity index (χ2v) is 5.95. The van der Waals surface area contributed by atoms with E-state index in [4.69, 9.17) is 32.7 Å². The van der Waals surface area contributed by atoms with E-state index in [0.717, 1.165) is 5.56 Å². The van der Waals surface area contributed by atoms with Crippen molar-refractivity contribution in [3.63, 3.8) is 0 Å². The van der Waals surface area contributed by atoms with Crippen molar-refractivity contribution >= 4 is 35.1 Å². The lowest BCUT2D eigenvalue weighted by atomic mass is 10.1. The summed E-state index contributed by atoms with van der Waals surface area (Å²) in [5, 5.41) is 3.71. The van der Waals surface area contributed by atoms with Gasteiger partial charge in [0.15, 0.2) is 13.2 Å². The van der Waals surface area contributed by atoms with Crippen LogP contribution in [0.5, 0.6) is 5.75 Å². The Balaban J connectivity index is 1.62. The number of benzene rings is 2. The second-order valence-electron chi connectivity index (χ2n) is 5.11. The molecule has 25 heavy (non-hydrogen) atoms. The molecule has 0 aromatic heterocycles. The molecule has 1 amide bonds. The summed E-state index contributed by atoms with van der Waals surface area (Å²) in [6.45, 7) is -0.257. The van der Waals surface area contributed by atoms with E-state index < -0.39 is 5.97 Å². The smallest absolute Gasteiger partial charge is 0.344 e. The first kappa shape index (κ1) is 19.1. The third kappa shape index (κ3) is 7.03. The van der Waals surface area contributed by atoms with Gasteiger partial charge < -0.3 is 14.8 Å². The molecular weight excluding hydrogens is 365 g/mol. The first-order valence-electron chi connectivity index (χ1n) is 7.58. The zero-order valence-corrected chi connectivity index (χ0v) is 14.8. The third-order valence-electron chi connectivity index (χ3n) is 3.17. The van der Waals surface area contributed by atoms with Crippen molar-refractivity contribution in [1.29, 1.82) is 0 Å². The molecule has 0 bridgehead atoms. The molecule has 0 atom stereocenters. The van der Waals surface area contributed by atoms with Crippen LogP contribution < -0.4 is 10.1 Å². The van der Waals surface area contributed by atoms with Gasteiger partial charge in [0.25, 0.3) is 5.91 Å². The van der Waals surface area contributed by atoms with Crippen molar-refractivity contribution in [3.8, 4) is 5.75 Å². The number of para-hydroxylation sites is 1. The molecule has 0 aliphatic rings. The summed E-state index contributed by atoms with van der Waals surface area (Å²) in [5.41, 5.74) is 1.01. The van der Waals surface area contributed by atoms with Crippen LogP contribution in [0.4, 0.5) is 0 Å². The van der Waals surface area contributed by atoms with E-state index in [0.29, 0.717) is 28.8 Å². The number of ether oxygens (including phenoxy) is 2. The minimum Gasteiger partial charge on any atom is -0.480 e. The first-order valence-corrected chi connectivity index (χ1v) is 8.34. The normalized spacial score (nSPS) is 10.2. The van der Waals surface area contributed by atoms with Crippen LogP contribution in [0, 0.1) is 0 Å². The number of carbonyl (C=O) groups excluding carboxylic acids is 2. The molecule has 2 aromatic rings. The minimum absolute atomic E-state index is 0.320. The number of hydrogen-bond donors (Lipinski definition) is 1. The lowest BCUT2D eigenvalue weighted by Gasteiger charge is -2.09. The predicted molar refractivity (Wildman–Crippen MR) is 96.1 cm³/mol. The van der Waals surface area contributed by atoms with Gasteiger partial charge in [-0.25, -0.2) is 4.79 Å². The van der Waals surface area contributed by atoms with Crippen molar-refractivity contribution < 1.29 is 19.1 Å². The molecular formula is C18H17Cl2NO4. The molecule has 2 aromatic carbocycles. The maximum Gasteiger partial charge on any atom is 0.344 e. The fraction of sp³-hybridized carbons (Fsp3) is 0.222. The largest absolute Gasteiger partial charge is 0.480 e. The van der Waals surface area contributed by atoms with E-state index in [1.807, 2.05) is 18.2 Å². The number of amides is 1. The van der Waals surface area contributed by atoms with Crippen LogP contribution in [0.1, 0.15) is 5.56 Å². The van der Waals surface area contributed by atoms with Crippen LogP contribution in [-0.2, 0) is 20.7 Å². The number of hydrogen-bond acceptors (Lipinski definition) is 4. The SMILES string of the molecule is O=C(COC(=O)COc1ccccc1Cl)NCCc1cccc(Cl)c1. The van der Waals surface area contributed by atoms with Crippen LogP contribution in [0.3, 0.4) is 0 Å². The summed E-state index contributed by atoms with van der Waals surface area (Å²) in [7, 11) is 0. The van der Waals surface area contributed by atoms with Crippen molar-refractivity contribution in [2.24, 2.45) is 0 Å². The van der Waals surface area contributed by atoms with Gasteiger partial charge in [-0.15, -0.1) is 0 Å². The van der Waals surface area contributed by atoms with Crippen LogP contribution >= 0.6 is 23.2 Å². The topological polar surface area (TPSA) is 64.6 Å². The Labute approximate surface area is 155 Å². The average Bonchev–Trinajstić information content (AvgIpc) is 2.59. The fourth-order valence-electron chi connectivity index (χ4n) is 1.98. The Hall–Kier alpha value is -2.24. The van der Waals surface area contributed by atoms with Crippen LogP contribution in [-0.4, -0.2) is 31.6 Å². The van der Waals surface area contributed by atoms with Crippen LogP contribution in [0.25, 0.3) is 0 Å². The Kier molecular flexibility index (Phi) is 7.57. The zero-order chi connectivity index (χ0) is 18.1. The van der Waals surface area contributed by atoms with Crippen molar-refractivity contribution in [3.05, 3.63) is 64.1 Å². The van der Waals surface area contributed by atoms with Gasteiger partial charge in [0.05, 0.1) is 5.02 Å². The molecule has 132 valence electrons. The molecule has 0 radical (unpaired) electrons. The number of carbonyl (C=O) groups is 2. The highest BCUT2D eigenvalue weighted by atomic mass is 35.5. The van der Waals surface area contributed by atoms with Gasteiger partial charge >= 0.3 is 5.97 Å². The Morgan fingerprint density at radius 2 is 1.80 bits per heavy atom.